The van der Waals surface area contributed by atoms with Gasteiger partial charge in [-0.3, -0.25) is 0 Å². The second kappa shape index (κ2) is 35.5. The molecule has 0 fully saturated rings. The molecule has 0 aliphatic rings. The van der Waals surface area contributed by atoms with Crippen LogP contribution >= 0.6 is 115 Å². The highest BCUT2D eigenvalue weighted by atomic mass is 35.5. The van der Waals surface area contributed by atoms with Gasteiger partial charge in [-0.2, -0.15) is 0 Å². The second-order valence-electron chi connectivity index (χ2n) is 34.5. The Balaban J connectivity index is 0.0000000893. The summed E-state index contributed by atoms with van der Waals surface area (Å²) >= 11 is 40.2. The number of hydrogen-bond donors (Lipinski definition) is 0. The number of para-hydroxylation sites is 5. The molecule has 143 heavy (non-hydrogen) atoms. The monoisotopic (exact) mass is 2030 g/mol. The zero-order chi connectivity index (χ0) is 95.2. The van der Waals surface area contributed by atoms with Crippen LogP contribution in [-0.2, 0) is 0 Å². The minimum absolute atomic E-state index is 0.245. The van der Waals surface area contributed by atoms with E-state index >= 15 is 0 Å². The predicted octanol–water partition coefficient (Wildman–Crippen LogP) is 37.3. The van der Waals surface area contributed by atoms with Gasteiger partial charge >= 0.3 is 0 Å². The molecule has 13 nitrogen and oxygen atoms in total. The summed E-state index contributed by atoms with van der Waals surface area (Å²) in [4.78, 5) is 45.8. The molecule has 0 saturated carbocycles. The van der Waals surface area contributed by atoms with E-state index in [9.17, 15) is 0 Å². The van der Waals surface area contributed by atoms with Crippen LogP contribution in [0.1, 0.15) is 0 Å². The Morgan fingerprint density at radius 2 is 0.531 bits per heavy atom. The van der Waals surface area contributed by atoms with Gasteiger partial charge in [0.1, 0.15) is 22.3 Å². The van der Waals surface area contributed by atoms with Crippen LogP contribution in [0.25, 0.3) is 272 Å². The first-order chi connectivity index (χ1) is 70.4. The largest absolute Gasteiger partial charge is 0.456 e. The molecule has 0 aliphatic carbocycles. The fraction of sp³-hybridized carbons (Fsp3) is 0. The van der Waals surface area contributed by atoms with Crippen molar-refractivity contribution in [2.45, 2.75) is 0 Å². The van der Waals surface area contributed by atoms with Crippen molar-refractivity contribution >= 4 is 325 Å². The van der Waals surface area contributed by atoms with E-state index < -0.39 is 0 Å². The van der Waals surface area contributed by atoms with Crippen LogP contribution in [0.15, 0.2) is 397 Å². The van der Waals surface area contributed by atoms with Crippen molar-refractivity contribution < 1.29 is 8.83 Å². The van der Waals surface area contributed by atoms with E-state index in [1.165, 1.54) is 88.4 Å². The van der Waals surface area contributed by atoms with Crippen LogP contribution in [0.2, 0.25) is 26.4 Å². The fourth-order valence-corrected chi connectivity index (χ4v) is 26.6. The lowest BCUT2D eigenvalue weighted by molar-refractivity contribution is 0.669. The molecule has 0 saturated heterocycles. The number of thiophene rings is 5. The van der Waals surface area contributed by atoms with E-state index in [-0.39, 0.29) is 26.4 Å². The van der Waals surface area contributed by atoms with E-state index in [0.717, 1.165) is 184 Å². The quantitative estimate of drug-likeness (QED) is 0.115. The van der Waals surface area contributed by atoms with Crippen LogP contribution in [0.5, 0.6) is 0 Å². The van der Waals surface area contributed by atoms with Gasteiger partial charge in [0.15, 0.2) is 0 Å². The molecule has 23 heteroatoms. The molecule has 31 rings (SSSR count). The maximum absolute atomic E-state index is 6.41. The smallest absolute Gasteiger partial charge is 0.223 e. The summed E-state index contributed by atoms with van der Waals surface area (Å²) in [5.41, 5.74) is 21.0. The maximum Gasteiger partial charge on any atom is 0.223 e. The lowest BCUT2D eigenvalue weighted by atomic mass is 9.95. The minimum atomic E-state index is 0.245. The summed E-state index contributed by atoms with van der Waals surface area (Å²) < 4.78 is 25.7. The van der Waals surface area contributed by atoms with Crippen molar-refractivity contribution in [2.24, 2.45) is 0 Å². The third-order valence-electron chi connectivity index (χ3n) is 26.3. The molecule has 0 unspecified atom stereocenters. The van der Waals surface area contributed by atoms with Crippen molar-refractivity contribution in [3.63, 3.8) is 0 Å². The number of hydrogen-bond acceptors (Lipinski definition) is 17. The van der Waals surface area contributed by atoms with E-state index in [1.54, 1.807) is 56.7 Å². The summed E-state index contributed by atoms with van der Waals surface area (Å²) in [6.07, 6.45) is 0. The van der Waals surface area contributed by atoms with Gasteiger partial charge in [0.05, 0.1) is 90.6 Å². The van der Waals surface area contributed by atoms with Crippen molar-refractivity contribution in [1.82, 2.24) is 54.4 Å². The molecule has 18 aromatic carbocycles. The average molecular weight is 2030 g/mol. The number of nitrogens with zero attached hydrogens (tertiary/aromatic N) is 11. The number of benzene rings is 18. The topological polar surface area (TPSA) is 160 Å². The zero-order valence-electron chi connectivity index (χ0n) is 74.6. The third kappa shape index (κ3) is 15.1. The fourth-order valence-electron chi connectivity index (χ4n) is 20.0. The van der Waals surface area contributed by atoms with E-state index in [0.29, 0.717) is 0 Å². The molecule has 0 aliphatic heterocycles. The average Bonchev–Trinajstić information content (AvgIpc) is 1.73. The first-order valence-electron chi connectivity index (χ1n) is 45.9. The molecule has 0 atom stereocenters. The van der Waals surface area contributed by atoms with Gasteiger partial charge in [-0.15, -0.1) is 56.7 Å². The molecule has 0 radical (unpaired) electrons. The van der Waals surface area contributed by atoms with Gasteiger partial charge in [-0.05, 0) is 210 Å². The van der Waals surface area contributed by atoms with Gasteiger partial charge in [0.25, 0.3) is 0 Å². The highest BCUT2D eigenvalue weighted by Gasteiger charge is 2.26. The Labute approximate surface area is 857 Å². The number of rotatable bonds is 6. The summed E-state index contributed by atoms with van der Waals surface area (Å²) in [5.74, 6) is 0. The predicted molar refractivity (Wildman–Crippen MR) is 606 cm³/mol. The Kier molecular flexibility index (Phi) is 21.5. The Bertz CT molecular complexity index is 10700. The van der Waals surface area contributed by atoms with Crippen LogP contribution < -0.4 is 0 Å². The SMILES string of the molecule is Clc1nc(-c2cc3ccccc3c3ccccc23)c2sc3ccccc3c2n1.Clc1nc(-c2ccc3c(c2)c2ccccc2n3-c2ccccc2)c2sc3ccccc3c2n1.Clc1nc(-c2ccc3c(ccc4ccccc43)c2)c2sc3ccccc3c2n1.Clc1nc(-c2ccc3oc4ccccc4c3c2)c2sc3ccccc3c2n1.Clc1nc(-c2cccc3c2oc2ccccc23)c2sc3ccccc3c2n1. The summed E-state index contributed by atoms with van der Waals surface area (Å²) in [5, 5.41) is 23.5. The second-order valence-corrected chi connectivity index (χ2v) is 41.5. The highest BCUT2D eigenvalue weighted by Crippen LogP contribution is 2.50. The van der Waals surface area contributed by atoms with E-state index in [1.807, 2.05) is 115 Å². The van der Waals surface area contributed by atoms with Crippen LogP contribution in [0.3, 0.4) is 0 Å². The molecule has 676 valence electrons. The van der Waals surface area contributed by atoms with Gasteiger partial charge < -0.3 is 13.4 Å². The van der Waals surface area contributed by atoms with Crippen LogP contribution in [0.4, 0.5) is 0 Å². The van der Waals surface area contributed by atoms with Gasteiger partial charge in [-0.25, -0.2) is 49.8 Å². The molecule has 31 aromatic rings. The first kappa shape index (κ1) is 86.5. The first-order valence-corrected chi connectivity index (χ1v) is 51.9. The normalized spacial score (nSPS) is 11.8. The molecule has 0 N–H and O–H groups in total. The lowest BCUT2D eigenvalue weighted by Gasteiger charge is -2.11. The third-order valence-corrected chi connectivity index (χ3v) is 33.0. The van der Waals surface area contributed by atoms with Crippen molar-refractivity contribution in [3.8, 4) is 62.0 Å². The van der Waals surface area contributed by atoms with E-state index in [4.69, 9.17) is 66.8 Å². The van der Waals surface area contributed by atoms with Gasteiger partial charge in [0, 0.05) is 116 Å². The molecular formula is C120H64Cl5N11O2S5. The number of fused-ring (bicyclic) bond motifs is 30. The maximum atomic E-state index is 6.41. The number of furan rings is 2. The summed E-state index contributed by atoms with van der Waals surface area (Å²) in [6, 6.07) is 134. The van der Waals surface area contributed by atoms with Crippen molar-refractivity contribution in [3.05, 3.63) is 415 Å². The zero-order valence-corrected chi connectivity index (χ0v) is 82.5. The number of halogens is 5. The van der Waals surface area contributed by atoms with Crippen LogP contribution in [-0.4, -0.2) is 54.4 Å². The summed E-state index contributed by atoms with van der Waals surface area (Å²) in [6.45, 7) is 0. The molecule has 0 spiro atoms. The molecule has 13 heterocycles. The highest BCUT2D eigenvalue weighted by molar-refractivity contribution is 7.28. The van der Waals surface area contributed by atoms with Crippen LogP contribution in [0, 0.1) is 0 Å². The van der Waals surface area contributed by atoms with E-state index in [2.05, 4.69) is 327 Å². The van der Waals surface area contributed by atoms with Crippen molar-refractivity contribution in [1.29, 1.82) is 0 Å². The van der Waals surface area contributed by atoms with Crippen molar-refractivity contribution in [2.75, 3.05) is 0 Å². The standard InChI is InChI=1S/C28H16ClN3S.2C24H13ClN2S.2C22H11ClN2OS/c29-28-30-25(27-26(31-28)20-11-5-7-13-24(20)33-27)17-14-15-23-21(16-17)19-10-4-6-12-22(19)32(23)18-8-2-1-3-9-18;25-24-26-21-18-11-5-6-12-20(18)28-23(21)22(27-24)19-13-14-7-1-2-8-15(14)16-9-3-4-10-17(16)19;25-24-26-21(23-22(27-24)19-7-3-4-8-20(19)28-23)16-11-12-18-15(13-16)10-9-14-5-1-2-6-17(14)18;23-22-24-18-14-7-2-4-11-17(14)27-21(18)19(25-22)15-9-5-8-13-12-6-1-3-10-16(12)26-20(13)15;23-22-24-19(21-20(25-22)14-6-2-4-8-18(14)27-21)12-9-10-17-15(11-12)13-5-1-3-7-16(13)26-17/h1-16H;2*1-13H;2*1-11H. The minimum Gasteiger partial charge on any atom is -0.456 e. The molecule has 0 bridgehead atoms. The Hall–Kier alpha value is -15.7. The van der Waals surface area contributed by atoms with Gasteiger partial charge in [0.2, 0.25) is 26.4 Å². The van der Waals surface area contributed by atoms with Gasteiger partial charge in [-0.1, -0.05) is 279 Å². The molecule has 0 amide bonds. The molecule has 13 aromatic heterocycles. The lowest BCUT2D eigenvalue weighted by Crippen LogP contribution is -1.93. The summed E-state index contributed by atoms with van der Waals surface area (Å²) in [7, 11) is 0. The number of aromatic nitrogens is 11. The Morgan fingerprint density at radius 1 is 0.196 bits per heavy atom. The molecular weight excluding hydrogens is 1960 g/mol. The Morgan fingerprint density at radius 3 is 1.06 bits per heavy atom.